The first kappa shape index (κ1) is 36.8. The first-order valence-corrected chi connectivity index (χ1v) is 18.6. The van der Waals surface area contributed by atoms with Crippen molar-refractivity contribution >= 4 is 48.7 Å². The predicted octanol–water partition coefficient (Wildman–Crippen LogP) is 10.2. The third kappa shape index (κ3) is 6.53. The van der Waals surface area contributed by atoms with E-state index >= 15 is 0 Å². The van der Waals surface area contributed by atoms with Gasteiger partial charge in [0.25, 0.3) is 0 Å². The molecule has 0 spiro atoms. The summed E-state index contributed by atoms with van der Waals surface area (Å²) < 4.78 is 31.4. The number of sulfone groups is 1. The molecule has 3 heterocycles. The zero-order valence-electron chi connectivity index (χ0n) is 31.0. The molecule has 0 bridgehead atoms. The number of aromatic nitrogens is 2. The van der Waals surface area contributed by atoms with Crippen LogP contribution in [0, 0.1) is 18.8 Å². The predicted molar refractivity (Wildman–Crippen MR) is 206 cm³/mol. The number of pyridine rings is 1. The van der Waals surface area contributed by atoms with E-state index < -0.39 is 9.84 Å². The topological polar surface area (TPSA) is 58.4 Å². The zero-order valence-corrected chi connectivity index (χ0v) is 34.1. The standard InChI is InChI=1S/C43H45N4O2S.Pt/c1-41(2,3)28-15-18-37-39(23-28)45(10)27-46(37)31-21-30(43(7,8)9)22-33(25-31)50(48,49)32-16-17-35-34-13-11-12-14-36(34)47(38(35)26-32)40-24-29(19-20-44-40)42(4,5)6;/h11-24,27H,1-10H3;/q-3;. The SMILES string of the molecule is CN1[CH-]N(c2[c-]c(S(=O)(=O)c3[c-]c4c(cc3)c3ccccc3n4-c3cc(C(C)(C)C)ccn3)cc(C(C)(C)C)c2)c2ccc(C(C)(C)C)cc21.[Pt]. The first-order valence-electron chi connectivity index (χ1n) is 17.1. The van der Waals surface area contributed by atoms with Crippen LogP contribution in [0.2, 0.25) is 0 Å². The van der Waals surface area contributed by atoms with Crippen molar-refractivity contribution in [3.8, 4) is 5.82 Å². The second-order valence-electron chi connectivity index (χ2n) is 16.5. The van der Waals surface area contributed by atoms with Crippen molar-refractivity contribution in [3.63, 3.8) is 0 Å². The van der Waals surface area contributed by atoms with Gasteiger partial charge in [-0.2, -0.15) is 18.8 Å². The maximum atomic E-state index is 14.7. The molecule has 0 radical (unpaired) electrons. The first-order chi connectivity index (χ1) is 23.3. The van der Waals surface area contributed by atoms with E-state index in [0.29, 0.717) is 11.2 Å². The van der Waals surface area contributed by atoms with Crippen LogP contribution in [0.3, 0.4) is 0 Å². The average Bonchev–Trinajstić information content (AvgIpc) is 3.57. The molecular formula is C43H45N4O2PtS-3. The Morgan fingerprint density at radius 2 is 1.33 bits per heavy atom. The monoisotopic (exact) mass is 876 g/mol. The van der Waals surface area contributed by atoms with Crippen molar-refractivity contribution in [1.29, 1.82) is 0 Å². The van der Waals surface area contributed by atoms with E-state index in [-0.39, 0.29) is 47.1 Å². The quantitative estimate of drug-likeness (QED) is 0.165. The summed E-state index contributed by atoms with van der Waals surface area (Å²) in [5, 5.41) is 1.92. The molecule has 0 N–H and O–H groups in total. The van der Waals surface area contributed by atoms with Gasteiger partial charge in [0, 0.05) is 44.2 Å². The Kier molecular flexibility index (Phi) is 9.13. The molecular weight excluding hydrogens is 832 g/mol. The largest absolute Gasteiger partial charge is 0.504 e. The van der Waals surface area contributed by atoms with Gasteiger partial charge < -0.3 is 14.4 Å². The fraction of sp³-hybridized carbons (Fsp3) is 0.302. The van der Waals surface area contributed by atoms with Crippen molar-refractivity contribution in [2.24, 2.45) is 0 Å². The second kappa shape index (κ2) is 12.6. The maximum Gasteiger partial charge on any atom is 0.160 e. The van der Waals surface area contributed by atoms with Crippen molar-refractivity contribution in [3.05, 3.63) is 121 Å². The Balaban J connectivity index is 0.00000448. The van der Waals surface area contributed by atoms with Gasteiger partial charge in [0.05, 0.1) is 0 Å². The average molecular weight is 877 g/mol. The summed E-state index contributed by atoms with van der Waals surface area (Å²) in [7, 11) is -2.03. The Hall–Kier alpha value is -3.93. The van der Waals surface area contributed by atoms with E-state index in [9.17, 15) is 8.42 Å². The molecule has 1 aliphatic rings. The van der Waals surface area contributed by atoms with E-state index in [1.165, 1.54) is 5.56 Å². The molecule has 0 amide bonds. The number of hydrogen-bond donors (Lipinski definition) is 0. The number of rotatable bonds is 4. The Bertz CT molecular complexity index is 2410. The van der Waals surface area contributed by atoms with Gasteiger partial charge >= 0.3 is 0 Å². The van der Waals surface area contributed by atoms with Gasteiger partial charge in [-0.1, -0.05) is 92.1 Å². The third-order valence-electron chi connectivity index (χ3n) is 9.70. The van der Waals surface area contributed by atoms with Crippen molar-refractivity contribution in [1.82, 2.24) is 9.55 Å². The van der Waals surface area contributed by atoms with Crippen LogP contribution in [0.25, 0.3) is 27.6 Å². The van der Waals surface area contributed by atoms with Crippen molar-refractivity contribution < 1.29 is 29.5 Å². The van der Waals surface area contributed by atoms with Gasteiger partial charge in [0.1, 0.15) is 5.82 Å². The molecule has 0 unspecified atom stereocenters. The summed E-state index contributed by atoms with van der Waals surface area (Å²) in [6, 6.07) is 32.8. The van der Waals surface area contributed by atoms with Crippen LogP contribution in [0.15, 0.2) is 94.9 Å². The zero-order chi connectivity index (χ0) is 36.0. The van der Waals surface area contributed by atoms with Gasteiger partial charge in [-0.15, -0.1) is 40.9 Å². The Morgan fingerprint density at radius 1 is 0.667 bits per heavy atom. The summed E-state index contributed by atoms with van der Waals surface area (Å²) in [6.07, 6.45) is 1.82. The Labute approximate surface area is 317 Å². The molecule has 6 aromatic rings. The summed E-state index contributed by atoms with van der Waals surface area (Å²) in [6.45, 7) is 21.4. The molecule has 268 valence electrons. The Morgan fingerprint density at radius 3 is 2.02 bits per heavy atom. The minimum atomic E-state index is -4.05. The van der Waals surface area contributed by atoms with E-state index in [1.807, 2.05) is 59.7 Å². The summed E-state index contributed by atoms with van der Waals surface area (Å²) >= 11 is 0. The number of fused-ring (bicyclic) bond motifs is 4. The molecule has 0 atom stereocenters. The molecule has 0 aliphatic carbocycles. The summed E-state index contributed by atoms with van der Waals surface area (Å²) in [5.74, 6) is 0.722. The molecule has 51 heavy (non-hydrogen) atoms. The molecule has 0 saturated heterocycles. The molecule has 0 saturated carbocycles. The molecule has 0 fully saturated rings. The fourth-order valence-corrected chi connectivity index (χ4v) is 7.83. The van der Waals surface area contributed by atoms with Crippen LogP contribution in [0.5, 0.6) is 0 Å². The van der Waals surface area contributed by atoms with E-state index in [1.54, 1.807) is 12.1 Å². The molecule has 2 aromatic heterocycles. The second-order valence-corrected chi connectivity index (χ2v) is 18.4. The van der Waals surface area contributed by atoms with Gasteiger partial charge in [-0.05, 0) is 79.9 Å². The van der Waals surface area contributed by atoms with Crippen LogP contribution in [0.4, 0.5) is 17.1 Å². The van der Waals surface area contributed by atoms with E-state index in [0.717, 1.165) is 44.6 Å². The number of para-hydroxylation sites is 1. The normalized spacial score (nSPS) is 13.9. The summed E-state index contributed by atoms with van der Waals surface area (Å²) in [5.41, 5.74) is 7.19. The molecule has 7 rings (SSSR count). The number of nitrogens with zero attached hydrogens (tertiary/aromatic N) is 4. The number of hydrogen-bond acceptors (Lipinski definition) is 5. The summed E-state index contributed by atoms with van der Waals surface area (Å²) in [4.78, 5) is 9.08. The smallest absolute Gasteiger partial charge is 0.160 e. The minimum Gasteiger partial charge on any atom is -0.504 e. The van der Waals surface area contributed by atoms with Crippen LogP contribution >= 0.6 is 0 Å². The third-order valence-corrected chi connectivity index (χ3v) is 11.3. The van der Waals surface area contributed by atoms with E-state index in [4.69, 9.17) is 4.98 Å². The maximum absolute atomic E-state index is 14.7. The van der Waals surface area contributed by atoms with E-state index in [2.05, 4.69) is 116 Å². The van der Waals surface area contributed by atoms with Crippen LogP contribution in [0.1, 0.15) is 79.0 Å². The number of anilines is 3. The van der Waals surface area contributed by atoms with Gasteiger partial charge in [-0.3, -0.25) is 0 Å². The fourth-order valence-electron chi connectivity index (χ4n) is 6.60. The molecule has 4 aromatic carbocycles. The number of benzene rings is 4. The van der Waals surface area contributed by atoms with Gasteiger partial charge in [-0.25, -0.2) is 13.4 Å². The van der Waals surface area contributed by atoms with Crippen molar-refractivity contribution in [2.75, 3.05) is 16.8 Å². The molecule has 1 aliphatic heterocycles. The minimum absolute atomic E-state index is 0. The van der Waals surface area contributed by atoms with Crippen LogP contribution < -0.4 is 9.80 Å². The van der Waals surface area contributed by atoms with Gasteiger partial charge in [0.15, 0.2) is 9.84 Å². The molecule has 8 heteroatoms. The van der Waals surface area contributed by atoms with Crippen molar-refractivity contribution in [2.45, 2.75) is 88.3 Å². The molecule has 6 nitrogen and oxygen atoms in total. The van der Waals surface area contributed by atoms with Gasteiger partial charge in [0.2, 0.25) is 0 Å². The van der Waals surface area contributed by atoms with Crippen LogP contribution in [-0.2, 0) is 47.1 Å². The van der Waals surface area contributed by atoms with Crippen LogP contribution in [-0.4, -0.2) is 25.0 Å².